The number of likely N-dealkylation sites (N-methyl/N-ethyl adjacent to an activating group) is 1. The highest BCUT2D eigenvalue weighted by Crippen LogP contribution is 2.18. The zero-order valence-electron chi connectivity index (χ0n) is 11.2. The van der Waals surface area contributed by atoms with E-state index in [1.807, 2.05) is 7.05 Å². The lowest BCUT2D eigenvalue weighted by Crippen LogP contribution is -2.36. The Balaban J connectivity index is 0.00000162. The molecular formula is C12H23ClN4O. The fourth-order valence-electron chi connectivity index (χ4n) is 2.42. The molecule has 1 aromatic heterocycles. The Bertz CT molecular complexity index is 345. The molecule has 0 bridgehead atoms. The van der Waals surface area contributed by atoms with Crippen molar-refractivity contribution in [2.75, 3.05) is 20.1 Å². The molecule has 1 aliphatic rings. The van der Waals surface area contributed by atoms with Gasteiger partial charge < -0.3 is 9.84 Å². The number of likely N-dealkylation sites (tertiary alicyclic amines) is 1. The van der Waals surface area contributed by atoms with Crippen LogP contribution in [0.5, 0.6) is 0 Å². The van der Waals surface area contributed by atoms with Crippen molar-refractivity contribution in [2.24, 2.45) is 0 Å². The normalized spacial score (nSPS) is 20.0. The second-order valence-corrected chi connectivity index (χ2v) is 4.68. The van der Waals surface area contributed by atoms with Crippen LogP contribution in [-0.2, 0) is 13.0 Å². The summed E-state index contributed by atoms with van der Waals surface area (Å²) >= 11 is 0. The van der Waals surface area contributed by atoms with E-state index < -0.39 is 0 Å². The van der Waals surface area contributed by atoms with Crippen molar-refractivity contribution in [1.82, 2.24) is 20.4 Å². The molecule has 1 N–H and O–H groups in total. The molecule has 1 unspecified atom stereocenters. The summed E-state index contributed by atoms with van der Waals surface area (Å²) in [6.07, 6.45) is 4.49. The molecule has 1 aromatic rings. The highest BCUT2D eigenvalue weighted by atomic mass is 35.5. The van der Waals surface area contributed by atoms with Gasteiger partial charge in [0.25, 0.3) is 0 Å². The van der Waals surface area contributed by atoms with E-state index in [2.05, 4.69) is 27.3 Å². The maximum absolute atomic E-state index is 5.28. The Morgan fingerprint density at radius 1 is 1.50 bits per heavy atom. The lowest BCUT2D eigenvalue weighted by molar-refractivity contribution is 0.209. The fraction of sp³-hybridized carbons (Fsp3) is 0.833. The van der Waals surface area contributed by atoms with Crippen LogP contribution in [0.15, 0.2) is 4.52 Å². The van der Waals surface area contributed by atoms with Crippen molar-refractivity contribution >= 4 is 12.4 Å². The Morgan fingerprint density at radius 3 is 3.06 bits per heavy atom. The molecular weight excluding hydrogens is 252 g/mol. The average Bonchev–Trinajstić information content (AvgIpc) is 2.91. The predicted molar refractivity (Wildman–Crippen MR) is 72.9 cm³/mol. The second-order valence-electron chi connectivity index (χ2n) is 4.68. The van der Waals surface area contributed by atoms with Gasteiger partial charge in [0, 0.05) is 19.0 Å². The summed E-state index contributed by atoms with van der Waals surface area (Å²) in [7, 11) is 2.00. The minimum atomic E-state index is 0. The molecule has 0 amide bonds. The molecule has 0 radical (unpaired) electrons. The van der Waals surface area contributed by atoms with Crippen molar-refractivity contribution in [2.45, 2.75) is 45.2 Å². The van der Waals surface area contributed by atoms with E-state index in [9.17, 15) is 0 Å². The van der Waals surface area contributed by atoms with E-state index in [-0.39, 0.29) is 12.4 Å². The van der Waals surface area contributed by atoms with Crippen molar-refractivity contribution in [3.63, 3.8) is 0 Å². The van der Waals surface area contributed by atoms with E-state index in [4.69, 9.17) is 4.52 Å². The van der Waals surface area contributed by atoms with Crippen molar-refractivity contribution in [1.29, 1.82) is 0 Å². The van der Waals surface area contributed by atoms with E-state index in [1.54, 1.807) is 0 Å². The number of nitrogens with one attached hydrogen (secondary N) is 1. The van der Waals surface area contributed by atoms with E-state index in [0.29, 0.717) is 6.04 Å². The van der Waals surface area contributed by atoms with Crippen molar-refractivity contribution < 1.29 is 4.52 Å². The molecule has 1 saturated heterocycles. The molecule has 0 aromatic carbocycles. The first-order chi connectivity index (χ1) is 8.33. The second kappa shape index (κ2) is 7.71. The summed E-state index contributed by atoms with van der Waals surface area (Å²) in [5.74, 6) is 1.60. The van der Waals surface area contributed by atoms with Crippen molar-refractivity contribution in [3.8, 4) is 0 Å². The third-order valence-corrected chi connectivity index (χ3v) is 3.26. The monoisotopic (exact) mass is 274 g/mol. The van der Waals surface area contributed by atoms with E-state index in [1.165, 1.54) is 12.8 Å². The standard InChI is InChI=1S/C12H22N4O.ClH/c1-3-5-11-14-12(17-15-11)9-16-7-4-6-10(16)8-13-2;/h10,13H,3-9H2,1-2H3;1H. The molecule has 18 heavy (non-hydrogen) atoms. The first kappa shape index (κ1) is 15.4. The number of aryl methyl sites for hydroxylation is 1. The SMILES string of the molecule is CCCc1noc(CN2CCCC2CNC)n1.Cl. The molecule has 1 atom stereocenters. The fourth-order valence-corrected chi connectivity index (χ4v) is 2.42. The van der Waals surface area contributed by atoms with Crippen LogP contribution < -0.4 is 5.32 Å². The summed E-state index contributed by atoms with van der Waals surface area (Å²) in [6.45, 7) is 5.09. The molecule has 1 aliphatic heterocycles. The van der Waals surface area contributed by atoms with Crippen LogP contribution in [0.4, 0.5) is 0 Å². The molecule has 0 spiro atoms. The maximum atomic E-state index is 5.28. The largest absolute Gasteiger partial charge is 0.338 e. The highest BCUT2D eigenvalue weighted by molar-refractivity contribution is 5.85. The van der Waals surface area contributed by atoms with Crippen molar-refractivity contribution in [3.05, 3.63) is 11.7 Å². The van der Waals surface area contributed by atoms with Crippen LogP contribution in [-0.4, -0.2) is 41.2 Å². The molecule has 0 saturated carbocycles. The molecule has 2 heterocycles. The summed E-state index contributed by atoms with van der Waals surface area (Å²) in [4.78, 5) is 6.85. The third kappa shape index (κ3) is 3.93. The predicted octanol–water partition coefficient (Wildman–Crippen LogP) is 1.63. The van der Waals surface area contributed by atoms with Crippen LogP contribution in [0.25, 0.3) is 0 Å². The Labute approximate surface area is 115 Å². The average molecular weight is 275 g/mol. The molecule has 2 rings (SSSR count). The quantitative estimate of drug-likeness (QED) is 0.854. The summed E-state index contributed by atoms with van der Waals surface area (Å²) in [5.41, 5.74) is 0. The van der Waals surface area contributed by atoms with Gasteiger partial charge in [-0.15, -0.1) is 12.4 Å². The lowest BCUT2D eigenvalue weighted by atomic mass is 10.2. The third-order valence-electron chi connectivity index (χ3n) is 3.26. The smallest absolute Gasteiger partial charge is 0.240 e. The maximum Gasteiger partial charge on any atom is 0.240 e. The van der Waals surface area contributed by atoms with Crippen LogP contribution in [0.1, 0.15) is 37.9 Å². The number of rotatable bonds is 6. The number of aromatic nitrogens is 2. The number of hydrogen-bond donors (Lipinski definition) is 1. The molecule has 1 fully saturated rings. The van der Waals surface area contributed by atoms with Gasteiger partial charge >= 0.3 is 0 Å². The Kier molecular flexibility index (Phi) is 6.60. The first-order valence-electron chi connectivity index (χ1n) is 6.53. The van der Waals surface area contributed by atoms with Gasteiger partial charge in [-0.1, -0.05) is 12.1 Å². The molecule has 104 valence electrons. The van der Waals surface area contributed by atoms with Crippen LogP contribution >= 0.6 is 12.4 Å². The minimum Gasteiger partial charge on any atom is -0.338 e. The van der Waals surface area contributed by atoms with Gasteiger partial charge in [0.15, 0.2) is 5.82 Å². The van der Waals surface area contributed by atoms with Gasteiger partial charge in [0.1, 0.15) is 0 Å². The Morgan fingerprint density at radius 2 is 2.33 bits per heavy atom. The van der Waals surface area contributed by atoms with Crippen LogP contribution in [0, 0.1) is 0 Å². The topological polar surface area (TPSA) is 54.2 Å². The highest BCUT2D eigenvalue weighted by Gasteiger charge is 2.25. The van der Waals surface area contributed by atoms with Gasteiger partial charge in [0.05, 0.1) is 6.54 Å². The van der Waals surface area contributed by atoms with Gasteiger partial charge in [-0.25, -0.2) is 0 Å². The summed E-state index contributed by atoms with van der Waals surface area (Å²) < 4.78 is 5.28. The van der Waals surface area contributed by atoms with Gasteiger partial charge in [0.2, 0.25) is 5.89 Å². The van der Waals surface area contributed by atoms with Crippen LogP contribution in [0.3, 0.4) is 0 Å². The molecule has 6 heteroatoms. The Hall–Kier alpha value is -0.650. The summed E-state index contributed by atoms with van der Waals surface area (Å²) in [6, 6.07) is 0.613. The van der Waals surface area contributed by atoms with E-state index in [0.717, 1.165) is 44.2 Å². The lowest BCUT2D eigenvalue weighted by Gasteiger charge is -2.22. The zero-order chi connectivity index (χ0) is 12.1. The molecule has 0 aliphatic carbocycles. The van der Waals surface area contributed by atoms with Gasteiger partial charge in [-0.05, 0) is 32.9 Å². The summed E-state index contributed by atoms with van der Waals surface area (Å²) in [5, 5.41) is 7.23. The van der Waals surface area contributed by atoms with Gasteiger partial charge in [-0.2, -0.15) is 4.98 Å². The van der Waals surface area contributed by atoms with Crippen LogP contribution in [0.2, 0.25) is 0 Å². The number of nitrogens with zero attached hydrogens (tertiary/aromatic N) is 3. The van der Waals surface area contributed by atoms with Gasteiger partial charge in [-0.3, -0.25) is 4.90 Å². The van der Waals surface area contributed by atoms with E-state index >= 15 is 0 Å². The first-order valence-corrected chi connectivity index (χ1v) is 6.53. The minimum absolute atomic E-state index is 0. The molecule has 5 nitrogen and oxygen atoms in total. The zero-order valence-corrected chi connectivity index (χ0v) is 12.0. The number of hydrogen-bond acceptors (Lipinski definition) is 5. The number of halogens is 1.